The molecule has 21 heavy (non-hydrogen) atoms. The van der Waals surface area contributed by atoms with Crippen molar-refractivity contribution in [1.29, 1.82) is 0 Å². The van der Waals surface area contributed by atoms with Crippen molar-refractivity contribution in [3.63, 3.8) is 0 Å². The molecule has 0 aromatic heterocycles. The second-order valence-corrected chi connectivity index (χ2v) is 5.24. The van der Waals surface area contributed by atoms with E-state index >= 15 is 0 Å². The van der Waals surface area contributed by atoms with E-state index in [2.05, 4.69) is 19.2 Å². The average Bonchev–Trinajstić information content (AvgIpc) is 2.50. The Labute approximate surface area is 126 Å². The summed E-state index contributed by atoms with van der Waals surface area (Å²) in [6, 6.07) is 17.9. The minimum atomic E-state index is 0.174. The van der Waals surface area contributed by atoms with Crippen molar-refractivity contribution < 1.29 is 9.47 Å². The van der Waals surface area contributed by atoms with Crippen molar-refractivity contribution >= 4 is 0 Å². The van der Waals surface area contributed by atoms with E-state index in [0.717, 1.165) is 23.7 Å². The van der Waals surface area contributed by atoms with Gasteiger partial charge in [0.1, 0.15) is 17.2 Å². The third-order valence-corrected chi connectivity index (χ3v) is 3.32. The maximum absolute atomic E-state index is 5.90. The van der Waals surface area contributed by atoms with Crippen LogP contribution in [0, 0.1) is 0 Å². The molecule has 112 valence electrons. The topological polar surface area (TPSA) is 30.5 Å². The van der Waals surface area contributed by atoms with Crippen LogP contribution in [-0.2, 0) is 0 Å². The predicted molar refractivity (Wildman–Crippen MR) is 86.2 cm³/mol. The lowest BCUT2D eigenvalue weighted by molar-refractivity contribution is 0.197. The third-order valence-electron chi connectivity index (χ3n) is 3.32. The molecule has 0 radical (unpaired) electrons. The van der Waals surface area contributed by atoms with Crippen molar-refractivity contribution in [2.24, 2.45) is 0 Å². The SMILES string of the molecule is CNC(C)CC(C)Oc1ccc(Oc2ccccc2)cc1. The number of nitrogens with one attached hydrogen (secondary N) is 1. The molecule has 0 spiro atoms. The molecule has 2 aromatic rings. The second kappa shape index (κ2) is 7.70. The highest BCUT2D eigenvalue weighted by atomic mass is 16.5. The van der Waals surface area contributed by atoms with Crippen LogP contribution >= 0.6 is 0 Å². The summed E-state index contributed by atoms with van der Waals surface area (Å²) in [5.74, 6) is 2.51. The van der Waals surface area contributed by atoms with Gasteiger partial charge in [-0.1, -0.05) is 18.2 Å². The Morgan fingerprint density at radius 1 is 0.857 bits per heavy atom. The highest BCUT2D eigenvalue weighted by molar-refractivity contribution is 5.35. The molecular weight excluding hydrogens is 262 g/mol. The fourth-order valence-electron chi connectivity index (χ4n) is 2.11. The van der Waals surface area contributed by atoms with Gasteiger partial charge >= 0.3 is 0 Å². The summed E-state index contributed by atoms with van der Waals surface area (Å²) >= 11 is 0. The normalized spacial score (nSPS) is 13.5. The lowest BCUT2D eigenvalue weighted by atomic mass is 10.1. The molecule has 2 aromatic carbocycles. The van der Waals surface area contributed by atoms with Crippen molar-refractivity contribution in [2.75, 3.05) is 7.05 Å². The maximum Gasteiger partial charge on any atom is 0.127 e. The lowest BCUT2D eigenvalue weighted by Gasteiger charge is -2.18. The van der Waals surface area contributed by atoms with Crippen LogP contribution in [0.5, 0.6) is 17.2 Å². The van der Waals surface area contributed by atoms with Gasteiger partial charge in [0, 0.05) is 6.04 Å². The summed E-state index contributed by atoms with van der Waals surface area (Å²) in [5, 5.41) is 3.22. The number of ether oxygens (including phenoxy) is 2. The van der Waals surface area contributed by atoms with Gasteiger partial charge in [0.25, 0.3) is 0 Å². The van der Waals surface area contributed by atoms with Gasteiger partial charge in [-0.05, 0) is 63.7 Å². The zero-order valence-corrected chi connectivity index (χ0v) is 12.9. The van der Waals surface area contributed by atoms with Crippen LogP contribution in [0.3, 0.4) is 0 Å². The summed E-state index contributed by atoms with van der Waals surface area (Å²) in [5.41, 5.74) is 0. The number of hydrogen-bond donors (Lipinski definition) is 1. The Morgan fingerprint density at radius 2 is 1.43 bits per heavy atom. The fourth-order valence-corrected chi connectivity index (χ4v) is 2.11. The Balaban J connectivity index is 1.90. The van der Waals surface area contributed by atoms with Crippen molar-refractivity contribution in [2.45, 2.75) is 32.4 Å². The molecule has 0 aliphatic heterocycles. The highest BCUT2D eigenvalue weighted by Gasteiger charge is 2.08. The molecule has 2 atom stereocenters. The van der Waals surface area contributed by atoms with Gasteiger partial charge in [0.15, 0.2) is 0 Å². The first kappa shape index (κ1) is 15.4. The molecule has 0 amide bonds. The Morgan fingerprint density at radius 3 is 2.05 bits per heavy atom. The average molecular weight is 285 g/mol. The molecule has 0 fully saturated rings. The van der Waals surface area contributed by atoms with Crippen LogP contribution in [0.25, 0.3) is 0 Å². The highest BCUT2D eigenvalue weighted by Crippen LogP contribution is 2.24. The van der Waals surface area contributed by atoms with Crippen LogP contribution in [0.1, 0.15) is 20.3 Å². The largest absolute Gasteiger partial charge is 0.491 e. The monoisotopic (exact) mass is 285 g/mol. The van der Waals surface area contributed by atoms with E-state index in [0.29, 0.717) is 6.04 Å². The second-order valence-electron chi connectivity index (χ2n) is 5.24. The smallest absolute Gasteiger partial charge is 0.127 e. The van der Waals surface area contributed by atoms with E-state index in [-0.39, 0.29) is 6.10 Å². The van der Waals surface area contributed by atoms with Gasteiger partial charge in [-0.2, -0.15) is 0 Å². The van der Waals surface area contributed by atoms with Gasteiger partial charge in [-0.15, -0.1) is 0 Å². The molecular formula is C18H23NO2. The van der Waals surface area contributed by atoms with E-state index in [4.69, 9.17) is 9.47 Å². The molecule has 3 nitrogen and oxygen atoms in total. The van der Waals surface area contributed by atoms with E-state index in [1.807, 2.05) is 61.6 Å². The van der Waals surface area contributed by atoms with E-state index in [1.54, 1.807) is 0 Å². The first-order valence-electron chi connectivity index (χ1n) is 7.34. The van der Waals surface area contributed by atoms with Gasteiger partial charge in [0.2, 0.25) is 0 Å². The molecule has 2 unspecified atom stereocenters. The first-order valence-corrected chi connectivity index (χ1v) is 7.34. The Kier molecular flexibility index (Phi) is 5.64. The third kappa shape index (κ3) is 5.12. The summed E-state index contributed by atoms with van der Waals surface area (Å²) in [4.78, 5) is 0. The zero-order chi connectivity index (χ0) is 15.1. The van der Waals surface area contributed by atoms with Crippen LogP contribution in [0.4, 0.5) is 0 Å². The number of benzene rings is 2. The number of rotatable bonds is 7. The Hall–Kier alpha value is -2.00. The van der Waals surface area contributed by atoms with Crippen LogP contribution < -0.4 is 14.8 Å². The van der Waals surface area contributed by atoms with E-state index in [9.17, 15) is 0 Å². The summed E-state index contributed by atoms with van der Waals surface area (Å²) in [7, 11) is 1.97. The molecule has 3 heteroatoms. The molecule has 0 heterocycles. The zero-order valence-electron chi connectivity index (χ0n) is 12.9. The minimum Gasteiger partial charge on any atom is -0.491 e. The molecule has 2 rings (SSSR count). The summed E-state index contributed by atoms with van der Waals surface area (Å²) < 4.78 is 11.7. The quantitative estimate of drug-likeness (QED) is 0.825. The number of para-hydroxylation sites is 1. The summed E-state index contributed by atoms with van der Waals surface area (Å²) in [6.45, 7) is 4.23. The molecule has 0 saturated carbocycles. The van der Waals surface area contributed by atoms with Crippen LogP contribution in [-0.4, -0.2) is 19.2 Å². The van der Waals surface area contributed by atoms with Gasteiger partial charge in [-0.3, -0.25) is 0 Å². The lowest BCUT2D eigenvalue weighted by Crippen LogP contribution is -2.28. The fraction of sp³-hybridized carbons (Fsp3) is 0.333. The summed E-state index contributed by atoms with van der Waals surface area (Å²) in [6.07, 6.45) is 1.15. The van der Waals surface area contributed by atoms with E-state index in [1.165, 1.54) is 0 Å². The Bertz CT molecular complexity index is 525. The number of hydrogen-bond acceptors (Lipinski definition) is 3. The van der Waals surface area contributed by atoms with Crippen molar-refractivity contribution in [3.8, 4) is 17.2 Å². The molecule has 0 bridgehead atoms. The standard InChI is InChI=1S/C18H23NO2/c1-14(19-3)13-15(2)20-17-9-11-18(12-10-17)21-16-7-5-4-6-8-16/h4-12,14-15,19H,13H2,1-3H3. The molecule has 0 saturated heterocycles. The maximum atomic E-state index is 5.90. The van der Waals surface area contributed by atoms with Crippen LogP contribution in [0.2, 0.25) is 0 Å². The van der Waals surface area contributed by atoms with Crippen LogP contribution in [0.15, 0.2) is 54.6 Å². The van der Waals surface area contributed by atoms with Crippen molar-refractivity contribution in [1.82, 2.24) is 5.32 Å². The van der Waals surface area contributed by atoms with Gasteiger partial charge in [0.05, 0.1) is 6.10 Å². The molecule has 0 aliphatic rings. The minimum absolute atomic E-state index is 0.174. The van der Waals surface area contributed by atoms with Gasteiger partial charge in [-0.25, -0.2) is 0 Å². The van der Waals surface area contributed by atoms with Crippen molar-refractivity contribution in [3.05, 3.63) is 54.6 Å². The predicted octanol–water partition coefficient (Wildman–Crippen LogP) is 4.24. The molecule has 0 aliphatic carbocycles. The van der Waals surface area contributed by atoms with Gasteiger partial charge < -0.3 is 14.8 Å². The first-order chi connectivity index (χ1) is 10.2. The van der Waals surface area contributed by atoms with E-state index < -0.39 is 0 Å². The molecule has 1 N–H and O–H groups in total.